The van der Waals surface area contributed by atoms with Crippen LogP contribution in [0.1, 0.15) is 31.2 Å². The van der Waals surface area contributed by atoms with E-state index < -0.39 is 15.4 Å². The van der Waals surface area contributed by atoms with E-state index in [9.17, 15) is 13.2 Å². The monoisotopic (exact) mass is 444 g/mol. The Bertz CT molecular complexity index is 745. The van der Waals surface area contributed by atoms with Crippen LogP contribution in [0.25, 0.3) is 0 Å². The van der Waals surface area contributed by atoms with Crippen LogP contribution >= 0.6 is 15.9 Å². The highest BCUT2D eigenvalue weighted by atomic mass is 79.9. The molecule has 0 aliphatic carbocycles. The molecule has 2 aliphatic heterocycles. The molecule has 1 amide bonds. The molecule has 0 bridgehead atoms. The van der Waals surface area contributed by atoms with E-state index in [1.165, 1.54) is 10.6 Å². The normalized spacial score (nSPS) is 24.2. The van der Waals surface area contributed by atoms with Gasteiger partial charge < -0.3 is 10.1 Å². The number of hydrogen-bond acceptors (Lipinski definition) is 4. The summed E-state index contributed by atoms with van der Waals surface area (Å²) < 4.78 is 31.6. The van der Waals surface area contributed by atoms with Gasteiger partial charge in [-0.25, -0.2) is 12.7 Å². The molecule has 1 atom stereocenters. The van der Waals surface area contributed by atoms with E-state index in [2.05, 4.69) is 21.2 Å². The first kappa shape index (κ1) is 19.8. The molecule has 0 saturated carbocycles. The Morgan fingerprint density at radius 1 is 1.27 bits per heavy atom. The van der Waals surface area contributed by atoms with Crippen molar-refractivity contribution in [2.45, 2.75) is 37.1 Å². The van der Waals surface area contributed by atoms with Crippen molar-refractivity contribution in [3.05, 3.63) is 34.3 Å². The molecule has 0 radical (unpaired) electrons. The smallest absolute Gasteiger partial charge is 0.231 e. The molecular weight excluding hydrogens is 420 g/mol. The van der Waals surface area contributed by atoms with Crippen molar-refractivity contribution in [1.29, 1.82) is 0 Å². The number of carbonyl (C=O) groups is 1. The minimum atomic E-state index is -3.23. The summed E-state index contributed by atoms with van der Waals surface area (Å²) >= 11 is 3.44. The number of hydrogen-bond donors (Lipinski definition) is 1. The summed E-state index contributed by atoms with van der Waals surface area (Å²) in [7, 11) is -3.23. The number of sulfonamides is 1. The maximum Gasteiger partial charge on any atom is 0.231 e. The quantitative estimate of drug-likeness (QED) is 0.770. The van der Waals surface area contributed by atoms with Crippen LogP contribution in [0.15, 0.2) is 28.7 Å². The van der Waals surface area contributed by atoms with Gasteiger partial charge in [0.15, 0.2) is 0 Å². The molecule has 8 heteroatoms. The molecule has 1 aromatic rings. The molecule has 144 valence electrons. The predicted octanol–water partition coefficient (Wildman–Crippen LogP) is 2.04. The molecule has 2 saturated heterocycles. The number of rotatable bonds is 4. The van der Waals surface area contributed by atoms with Crippen LogP contribution in [0.4, 0.5) is 0 Å². The summed E-state index contributed by atoms with van der Waals surface area (Å²) in [6.45, 7) is 1.96. The molecule has 0 spiro atoms. The summed E-state index contributed by atoms with van der Waals surface area (Å²) in [6.07, 6.45) is 4.03. The van der Waals surface area contributed by atoms with Crippen LogP contribution in [0.2, 0.25) is 0 Å². The Labute approximate surface area is 163 Å². The summed E-state index contributed by atoms with van der Waals surface area (Å²) in [6, 6.07) is 7.72. The lowest BCUT2D eigenvalue weighted by Gasteiger charge is -2.39. The second kappa shape index (κ2) is 7.96. The topological polar surface area (TPSA) is 75.7 Å². The molecule has 2 aliphatic rings. The molecule has 2 fully saturated rings. The Morgan fingerprint density at radius 3 is 2.54 bits per heavy atom. The van der Waals surface area contributed by atoms with Crippen molar-refractivity contribution in [3.63, 3.8) is 0 Å². The summed E-state index contributed by atoms with van der Waals surface area (Å²) in [5, 5.41) is 3.13. The Balaban J connectivity index is 1.79. The van der Waals surface area contributed by atoms with Crippen LogP contribution in [-0.4, -0.2) is 57.2 Å². The van der Waals surface area contributed by atoms with Crippen molar-refractivity contribution < 1.29 is 17.9 Å². The number of piperidine rings is 1. The average molecular weight is 445 g/mol. The summed E-state index contributed by atoms with van der Waals surface area (Å²) in [4.78, 5) is 13.3. The van der Waals surface area contributed by atoms with Gasteiger partial charge in [0.25, 0.3) is 0 Å². The lowest BCUT2D eigenvalue weighted by Crippen LogP contribution is -2.55. The van der Waals surface area contributed by atoms with E-state index >= 15 is 0 Å². The molecule has 3 rings (SSSR count). The van der Waals surface area contributed by atoms with Gasteiger partial charge in [0.2, 0.25) is 15.9 Å². The Morgan fingerprint density at radius 2 is 1.92 bits per heavy atom. The second-order valence-corrected chi connectivity index (χ2v) is 10.0. The number of nitrogens with one attached hydrogen (secondary N) is 1. The van der Waals surface area contributed by atoms with Gasteiger partial charge in [-0.3, -0.25) is 4.79 Å². The zero-order valence-corrected chi connectivity index (χ0v) is 17.3. The van der Waals surface area contributed by atoms with Gasteiger partial charge in [-0.1, -0.05) is 28.1 Å². The minimum Gasteiger partial charge on any atom is -0.381 e. The van der Waals surface area contributed by atoms with E-state index in [1.807, 2.05) is 24.3 Å². The summed E-state index contributed by atoms with van der Waals surface area (Å²) in [5.41, 5.74) is 0.365. The maximum atomic E-state index is 13.3. The van der Waals surface area contributed by atoms with Gasteiger partial charge in [0.05, 0.1) is 11.7 Å². The van der Waals surface area contributed by atoms with Crippen molar-refractivity contribution >= 4 is 31.9 Å². The largest absolute Gasteiger partial charge is 0.381 e. The maximum absolute atomic E-state index is 13.3. The summed E-state index contributed by atoms with van der Waals surface area (Å²) in [5.74, 6) is -0.0246. The van der Waals surface area contributed by atoms with Crippen LogP contribution in [0.3, 0.4) is 0 Å². The van der Waals surface area contributed by atoms with Gasteiger partial charge >= 0.3 is 0 Å². The number of nitrogens with zero attached hydrogens (tertiary/aromatic N) is 1. The third kappa shape index (κ3) is 4.30. The molecule has 0 aromatic heterocycles. The number of amides is 1. The average Bonchev–Trinajstić information content (AvgIpc) is 2.62. The zero-order chi connectivity index (χ0) is 18.8. The van der Waals surface area contributed by atoms with Gasteiger partial charge in [-0.15, -0.1) is 0 Å². The van der Waals surface area contributed by atoms with Crippen molar-refractivity contribution in [1.82, 2.24) is 9.62 Å². The Kier molecular flexibility index (Phi) is 6.06. The fourth-order valence-electron chi connectivity index (χ4n) is 3.82. The first-order valence-corrected chi connectivity index (χ1v) is 11.6. The number of ether oxygens (including phenoxy) is 1. The van der Waals surface area contributed by atoms with Gasteiger partial charge in [0.1, 0.15) is 0 Å². The fourth-order valence-corrected chi connectivity index (χ4v) is 5.00. The Hall–Kier alpha value is -0.960. The highest BCUT2D eigenvalue weighted by Crippen LogP contribution is 2.36. The first-order valence-electron chi connectivity index (χ1n) is 8.91. The lowest BCUT2D eigenvalue weighted by atomic mass is 9.73. The van der Waals surface area contributed by atoms with E-state index in [-0.39, 0.29) is 11.9 Å². The van der Waals surface area contributed by atoms with Crippen molar-refractivity contribution in [2.24, 2.45) is 0 Å². The molecular formula is C18H25BrN2O4S. The number of benzene rings is 1. The fraction of sp³-hybridized carbons (Fsp3) is 0.611. The standard InChI is InChI=1S/C18H25BrN2O4S/c1-26(23,24)21-10-2-3-16(13-21)20-17(22)18(8-11-25-12-9-18)14-4-6-15(19)7-5-14/h4-7,16H,2-3,8-13H2,1H3,(H,20,22). The highest BCUT2D eigenvalue weighted by molar-refractivity contribution is 9.10. The third-order valence-corrected chi connectivity index (χ3v) is 7.16. The van der Waals surface area contributed by atoms with Gasteiger partial charge in [-0.05, 0) is 43.4 Å². The van der Waals surface area contributed by atoms with Crippen LogP contribution < -0.4 is 5.32 Å². The first-order chi connectivity index (χ1) is 12.3. The van der Waals surface area contributed by atoms with E-state index in [0.29, 0.717) is 39.1 Å². The predicted molar refractivity (Wildman–Crippen MR) is 103 cm³/mol. The van der Waals surface area contributed by atoms with Gasteiger partial charge in [-0.2, -0.15) is 0 Å². The van der Waals surface area contributed by atoms with Gasteiger partial charge in [0, 0.05) is 36.8 Å². The SMILES string of the molecule is CS(=O)(=O)N1CCCC(NC(=O)C2(c3ccc(Br)cc3)CCOCC2)C1. The minimum absolute atomic E-state index is 0.0246. The molecule has 6 nitrogen and oxygen atoms in total. The number of carbonyl (C=O) groups excluding carboxylic acids is 1. The van der Waals surface area contributed by atoms with E-state index in [4.69, 9.17) is 4.74 Å². The zero-order valence-electron chi connectivity index (χ0n) is 14.9. The third-order valence-electron chi connectivity index (χ3n) is 5.37. The van der Waals surface area contributed by atoms with Crippen LogP contribution in [-0.2, 0) is 25.0 Å². The lowest BCUT2D eigenvalue weighted by molar-refractivity contribution is -0.131. The van der Waals surface area contributed by atoms with Crippen LogP contribution in [0.5, 0.6) is 0 Å². The van der Waals surface area contributed by atoms with Crippen molar-refractivity contribution in [2.75, 3.05) is 32.6 Å². The number of halogens is 1. The molecule has 26 heavy (non-hydrogen) atoms. The van der Waals surface area contributed by atoms with Crippen molar-refractivity contribution in [3.8, 4) is 0 Å². The molecule has 1 unspecified atom stereocenters. The van der Waals surface area contributed by atoms with Crippen LogP contribution in [0, 0.1) is 0 Å². The van der Waals surface area contributed by atoms with E-state index in [1.54, 1.807) is 0 Å². The molecule has 1 N–H and O–H groups in total. The van der Waals surface area contributed by atoms with E-state index in [0.717, 1.165) is 22.9 Å². The molecule has 2 heterocycles. The highest BCUT2D eigenvalue weighted by Gasteiger charge is 2.42. The molecule has 1 aromatic carbocycles. The second-order valence-electron chi connectivity index (χ2n) is 7.13.